The molecule has 0 spiro atoms. The summed E-state index contributed by atoms with van der Waals surface area (Å²) in [6, 6.07) is 12.8. The summed E-state index contributed by atoms with van der Waals surface area (Å²) in [6.07, 6.45) is 0. The molecule has 2 aromatic heterocycles. The van der Waals surface area contributed by atoms with Gasteiger partial charge in [0, 0.05) is 29.4 Å². The number of anilines is 1. The lowest BCUT2D eigenvalue weighted by molar-refractivity contribution is 0.102. The largest absolute Gasteiger partial charge is 0.342 e. The molecule has 26 heavy (non-hydrogen) atoms. The summed E-state index contributed by atoms with van der Waals surface area (Å²) < 4.78 is 28.9. The second-order valence-electron chi connectivity index (χ2n) is 5.76. The molecule has 2 aromatic carbocycles. The van der Waals surface area contributed by atoms with Crippen LogP contribution in [0.1, 0.15) is 10.5 Å². The van der Waals surface area contributed by atoms with Crippen LogP contribution in [-0.2, 0) is 7.05 Å². The molecule has 4 aromatic rings. The van der Waals surface area contributed by atoms with Crippen molar-refractivity contribution < 1.29 is 13.6 Å². The monoisotopic (exact) mass is 369 g/mol. The van der Waals surface area contributed by atoms with Gasteiger partial charge in [0.25, 0.3) is 5.91 Å². The van der Waals surface area contributed by atoms with Gasteiger partial charge in [0.05, 0.1) is 11.4 Å². The molecule has 0 atom stereocenters. The van der Waals surface area contributed by atoms with Crippen molar-refractivity contribution in [1.82, 2.24) is 9.55 Å². The molecule has 0 saturated heterocycles. The minimum Gasteiger partial charge on any atom is -0.342 e. The molecule has 1 amide bonds. The van der Waals surface area contributed by atoms with Crippen molar-refractivity contribution >= 4 is 33.8 Å². The molecule has 4 nitrogen and oxygen atoms in total. The summed E-state index contributed by atoms with van der Waals surface area (Å²) in [6.45, 7) is 0. The van der Waals surface area contributed by atoms with Crippen LogP contribution in [0.4, 0.5) is 14.5 Å². The maximum atomic E-state index is 13.7. The molecule has 0 aliphatic heterocycles. The van der Waals surface area contributed by atoms with Crippen molar-refractivity contribution in [3.8, 4) is 10.7 Å². The van der Waals surface area contributed by atoms with Gasteiger partial charge in [-0.25, -0.2) is 13.8 Å². The highest BCUT2D eigenvalue weighted by molar-refractivity contribution is 7.13. The Kier molecular flexibility index (Phi) is 4.00. The lowest BCUT2D eigenvalue weighted by Crippen LogP contribution is -2.13. The first kappa shape index (κ1) is 16.4. The number of aryl methyl sites for hydroxylation is 1. The first-order valence-electron chi connectivity index (χ1n) is 7.79. The zero-order valence-electron chi connectivity index (χ0n) is 13.7. The van der Waals surface area contributed by atoms with E-state index in [-0.39, 0.29) is 11.4 Å². The molecule has 0 aliphatic carbocycles. The number of nitrogens with zero attached hydrogens (tertiary/aromatic N) is 2. The number of nitrogens with one attached hydrogen (secondary N) is 1. The van der Waals surface area contributed by atoms with Gasteiger partial charge in [-0.1, -0.05) is 18.2 Å². The van der Waals surface area contributed by atoms with Gasteiger partial charge in [0.15, 0.2) is 0 Å². The summed E-state index contributed by atoms with van der Waals surface area (Å²) in [4.78, 5) is 16.7. The van der Waals surface area contributed by atoms with Crippen molar-refractivity contribution in [2.24, 2.45) is 7.05 Å². The van der Waals surface area contributed by atoms with E-state index in [1.807, 2.05) is 41.9 Å². The van der Waals surface area contributed by atoms with E-state index in [1.165, 1.54) is 11.3 Å². The Morgan fingerprint density at radius 1 is 1.15 bits per heavy atom. The standard InChI is InChI=1S/C19H13F2N3OS/c1-24-16-5-3-2-4-11(16)8-17(24)19-23-15(10-26-19)18(25)22-14-9-12(20)6-7-13(14)21/h2-10H,1H3,(H,22,25). The fourth-order valence-electron chi connectivity index (χ4n) is 2.77. The molecular weight excluding hydrogens is 356 g/mol. The first-order valence-corrected chi connectivity index (χ1v) is 8.67. The molecule has 0 aliphatic rings. The predicted octanol–water partition coefficient (Wildman–Crippen LogP) is 4.83. The molecular formula is C19H13F2N3OS. The van der Waals surface area contributed by atoms with Crippen LogP contribution in [0.5, 0.6) is 0 Å². The highest BCUT2D eigenvalue weighted by Crippen LogP contribution is 2.29. The molecule has 1 N–H and O–H groups in total. The van der Waals surface area contributed by atoms with Crippen LogP contribution in [0.15, 0.2) is 53.9 Å². The number of carbonyl (C=O) groups excluding carboxylic acids is 1. The molecule has 0 unspecified atom stereocenters. The van der Waals surface area contributed by atoms with Gasteiger partial charge < -0.3 is 9.88 Å². The van der Waals surface area contributed by atoms with Crippen molar-refractivity contribution in [3.05, 3.63) is 71.2 Å². The SMILES string of the molecule is Cn1c(-c2nc(C(=O)Nc3cc(F)ccc3F)cs2)cc2ccccc21. The quantitative estimate of drug-likeness (QED) is 0.562. The van der Waals surface area contributed by atoms with E-state index in [9.17, 15) is 13.6 Å². The smallest absolute Gasteiger partial charge is 0.275 e. The van der Waals surface area contributed by atoms with E-state index in [2.05, 4.69) is 10.3 Å². The number of benzene rings is 2. The minimum absolute atomic E-state index is 0.152. The van der Waals surface area contributed by atoms with Crippen LogP contribution in [0, 0.1) is 11.6 Å². The fourth-order valence-corrected chi connectivity index (χ4v) is 3.62. The van der Waals surface area contributed by atoms with Crippen LogP contribution in [0.3, 0.4) is 0 Å². The number of aromatic nitrogens is 2. The number of amides is 1. The zero-order chi connectivity index (χ0) is 18.3. The molecule has 4 rings (SSSR count). The Hall–Kier alpha value is -3.06. The summed E-state index contributed by atoms with van der Waals surface area (Å²) >= 11 is 1.32. The Balaban J connectivity index is 1.64. The van der Waals surface area contributed by atoms with Crippen molar-refractivity contribution in [1.29, 1.82) is 0 Å². The summed E-state index contributed by atoms with van der Waals surface area (Å²) in [5.74, 6) is -1.92. The molecule has 0 radical (unpaired) electrons. The van der Waals surface area contributed by atoms with Gasteiger partial charge in [0.1, 0.15) is 22.3 Å². The summed E-state index contributed by atoms with van der Waals surface area (Å²) in [5, 5.41) is 5.70. The van der Waals surface area contributed by atoms with Crippen molar-refractivity contribution in [3.63, 3.8) is 0 Å². The third-order valence-electron chi connectivity index (χ3n) is 4.08. The molecule has 7 heteroatoms. The normalized spacial score (nSPS) is 11.0. The minimum atomic E-state index is -0.705. The lowest BCUT2D eigenvalue weighted by Gasteiger charge is -2.04. The van der Waals surface area contributed by atoms with E-state index in [4.69, 9.17) is 0 Å². The average Bonchev–Trinajstić information content (AvgIpc) is 3.24. The van der Waals surface area contributed by atoms with E-state index in [1.54, 1.807) is 5.38 Å². The van der Waals surface area contributed by atoms with Crippen LogP contribution in [-0.4, -0.2) is 15.5 Å². The fraction of sp³-hybridized carbons (Fsp3) is 0.0526. The zero-order valence-corrected chi connectivity index (χ0v) is 14.5. The van der Waals surface area contributed by atoms with Crippen LogP contribution in [0.2, 0.25) is 0 Å². The van der Waals surface area contributed by atoms with Crippen LogP contribution in [0.25, 0.3) is 21.6 Å². The lowest BCUT2D eigenvalue weighted by atomic mass is 10.2. The Morgan fingerprint density at radius 3 is 2.77 bits per heavy atom. The van der Waals surface area contributed by atoms with E-state index in [0.717, 1.165) is 34.8 Å². The van der Waals surface area contributed by atoms with Crippen LogP contribution < -0.4 is 5.32 Å². The number of hydrogen-bond acceptors (Lipinski definition) is 3. The number of hydrogen-bond donors (Lipinski definition) is 1. The maximum Gasteiger partial charge on any atom is 0.275 e. The van der Waals surface area contributed by atoms with Crippen molar-refractivity contribution in [2.75, 3.05) is 5.32 Å². The number of halogens is 2. The summed E-state index contributed by atoms with van der Waals surface area (Å²) in [5.41, 5.74) is 1.88. The molecule has 2 heterocycles. The topological polar surface area (TPSA) is 46.9 Å². The van der Waals surface area contributed by atoms with E-state index < -0.39 is 17.5 Å². The highest BCUT2D eigenvalue weighted by Gasteiger charge is 2.16. The number of rotatable bonds is 3. The third-order valence-corrected chi connectivity index (χ3v) is 4.95. The number of fused-ring (bicyclic) bond motifs is 1. The number of para-hydroxylation sites is 1. The van der Waals surface area contributed by atoms with Gasteiger partial charge in [-0.05, 0) is 24.3 Å². The maximum absolute atomic E-state index is 13.7. The highest BCUT2D eigenvalue weighted by atomic mass is 32.1. The molecule has 0 bridgehead atoms. The second-order valence-corrected chi connectivity index (χ2v) is 6.62. The number of carbonyl (C=O) groups is 1. The average molecular weight is 369 g/mol. The molecule has 0 saturated carbocycles. The summed E-state index contributed by atoms with van der Waals surface area (Å²) in [7, 11) is 1.93. The predicted molar refractivity (Wildman–Crippen MR) is 98.3 cm³/mol. The Bertz CT molecular complexity index is 1130. The van der Waals surface area contributed by atoms with E-state index >= 15 is 0 Å². The van der Waals surface area contributed by atoms with Gasteiger partial charge in [-0.2, -0.15) is 0 Å². The van der Waals surface area contributed by atoms with Gasteiger partial charge >= 0.3 is 0 Å². The Morgan fingerprint density at radius 2 is 1.96 bits per heavy atom. The third kappa shape index (κ3) is 2.86. The number of thiazole rings is 1. The van der Waals surface area contributed by atoms with Crippen LogP contribution >= 0.6 is 11.3 Å². The molecule has 130 valence electrons. The van der Waals surface area contributed by atoms with Gasteiger partial charge in [-0.15, -0.1) is 11.3 Å². The Labute approximate surface area is 151 Å². The second kappa shape index (κ2) is 6.34. The molecule has 0 fully saturated rings. The first-order chi connectivity index (χ1) is 12.5. The van der Waals surface area contributed by atoms with Gasteiger partial charge in [0.2, 0.25) is 0 Å². The van der Waals surface area contributed by atoms with Gasteiger partial charge in [-0.3, -0.25) is 4.79 Å². The van der Waals surface area contributed by atoms with E-state index in [0.29, 0.717) is 5.01 Å². The van der Waals surface area contributed by atoms with Crippen molar-refractivity contribution in [2.45, 2.75) is 0 Å².